The van der Waals surface area contributed by atoms with Gasteiger partial charge in [0.2, 0.25) is 0 Å². The summed E-state index contributed by atoms with van der Waals surface area (Å²) < 4.78 is 12.5. The smallest absolute Gasteiger partial charge is 0.318 e. The zero-order valence-electron chi connectivity index (χ0n) is 14.2. The van der Waals surface area contributed by atoms with Crippen molar-refractivity contribution in [2.45, 2.75) is 13.2 Å². The summed E-state index contributed by atoms with van der Waals surface area (Å²) in [6, 6.07) is 13.2. The molecular formula is C18H17N5O3. The first kappa shape index (κ1) is 16.1. The molecule has 3 heterocycles. The Morgan fingerprint density at radius 3 is 2.81 bits per heavy atom. The van der Waals surface area contributed by atoms with Crippen molar-refractivity contribution in [3.05, 3.63) is 60.0 Å². The minimum absolute atomic E-state index is 0.157. The van der Waals surface area contributed by atoms with Crippen LogP contribution in [0.2, 0.25) is 0 Å². The SMILES string of the molecule is COc1nccc(N2CCn3nc(COc4ccccc4)cc3C2=O)n1. The van der Waals surface area contributed by atoms with Gasteiger partial charge in [0.05, 0.1) is 13.7 Å². The summed E-state index contributed by atoms with van der Waals surface area (Å²) in [6.07, 6.45) is 1.57. The van der Waals surface area contributed by atoms with Crippen LogP contribution in [0.3, 0.4) is 0 Å². The number of ether oxygens (including phenoxy) is 2. The lowest BCUT2D eigenvalue weighted by Gasteiger charge is -2.26. The maximum atomic E-state index is 12.8. The lowest BCUT2D eigenvalue weighted by Crippen LogP contribution is -2.41. The van der Waals surface area contributed by atoms with Crippen molar-refractivity contribution in [1.82, 2.24) is 19.7 Å². The first-order chi connectivity index (χ1) is 12.7. The molecule has 8 nitrogen and oxygen atoms in total. The van der Waals surface area contributed by atoms with Gasteiger partial charge in [0.1, 0.15) is 29.6 Å². The number of aromatic nitrogens is 4. The molecule has 0 N–H and O–H groups in total. The van der Waals surface area contributed by atoms with Crippen LogP contribution < -0.4 is 14.4 Å². The van der Waals surface area contributed by atoms with E-state index in [1.54, 1.807) is 27.9 Å². The molecule has 1 aromatic carbocycles. The second kappa shape index (κ2) is 6.83. The van der Waals surface area contributed by atoms with Crippen LogP contribution in [0.4, 0.5) is 5.82 Å². The second-order valence-corrected chi connectivity index (χ2v) is 5.70. The largest absolute Gasteiger partial charge is 0.487 e. The van der Waals surface area contributed by atoms with E-state index in [0.717, 1.165) is 5.75 Å². The Labute approximate surface area is 150 Å². The fourth-order valence-electron chi connectivity index (χ4n) is 2.79. The summed E-state index contributed by atoms with van der Waals surface area (Å²) in [7, 11) is 1.49. The zero-order valence-corrected chi connectivity index (χ0v) is 14.2. The number of fused-ring (bicyclic) bond motifs is 1. The molecule has 0 atom stereocenters. The monoisotopic (exact) mass is 351 g/mol. The lowest BCUT2D eigenvalue weighted by molar-refractivity contribution is 0.0961. The van der Waals surface area contributed by atoms with Gasteiger partial charge in [0.15, 0.2) is 0 Å². The van der Waals surface area contributed by atoms with Crippen LogP contribution in [-0.2, 0) is 13.2 Å². The number of hydrogen-bond acceptors (Lipinski definition) is 6. The molecule has 3 aromatic rings. The Bertz CT molecular complexity index is 926. The summed E-state index contributed by atoms with van der Waals surface area (Å²) in [5, 5.41) is 4.46. The minimum Gasteiger partial charge on any atom is -0.487 e. The highest BCUT2D eigenvalue weighted by Crippen LogP contribution is 2.21. The van der Waals surface area contributed by atoms with E-state index in [1.807, 2.05) is 30.3 Å². The van der Waals surface area contributed by atoms with Crippen molar-refractivity contribution >= 4 is 11.7 Å². The van der Waals surface area contributed by atoms with Crippen LogP contribution in [0.15, 0.2) is 48.7 Å². The summed E-state index contributed by atoms with van der Waals surface area (Å²) >= 11 is 0. The van der Waals surface area contributed by atoms with E-state index in [2.05, 4.69) is 15.1 Å². The Kier molecular flexibility index (Phi) is 4.22. The van der Waals surface area contributed by atoms with E-state index in [4.69, 9.17) is 9.47 Å². The zero-order chi connectivity index (χ0) is 17.9. The number of carbonyl (C=O) groups is 1. The molecule has 26 heavy (non-hydrogen) atoms. The summed E-state index contributed by atoms with van der Waals surface area (Å²) in [6.45, 7) is 1.37. The molecule has 1 aliphatic heterocycles. The minimum atomic E-state index is -0.157. The van der Waals surface area contributed by atoms with E-state index in [9.17, 15) is 4.79 Å². The van der Waals surface area contributed by atoms with Gasteiger partial charge in [-0.15, -0.1) is 0 Å². The normalized spacial score (nSPS) is 13.4. The predicted molar refractivity (Wildman–Crippen MR) is 93.3 cm³/mol. The standard InChI is InChI=1S/C18H17N5O3/c1-25-18-19-8-7-16(20-18)22-9-10-23-15(17(22)24)11-13(21-23)12-26-14-5-3-2-4-6-14/h2-8,11H,9-10,12H2,1H3. The van der Waals surface area contributed by atoms with Crippen molar-refractivity contribution in [3.8, 4) is 11.8 Å². The average molecular weight is 351 g/mol. The molecule has 1 aliphatic rings. The van der Waals surface area contributed by atoms with Crippen molar-refractivity contribution in [3.63, 3.8) is 0 Å². The third kappa shape index (κ3) is 3.08. The molecule has 0 saturated carbocycles. The quantitative estimate of drug-likeness (QED) is 0.698. The Balaban J connectivity index is 1.52. The molecule has 4 rings (SSSR count). The topological polar surface area (TPSA) is 82.4 Å². The van der Waals surface area contributed by atoms with Crippen molar-refractivity contribution in [2.75, 3.05) is 18.6 Å². The maximum Gasteiger partial charge on any atom is 0.318 e. The molecule has 8 heteroatoms. The molecule has 0 saturated heterocycles. The number of benzene rings is 1. The van der Waals surface area contributed by atoms with Gasteiger partial charge in [-0.1, -0.05) is 18.2 Å². The summed E-state index contributed by atoms with van der Waals surface area (Å²) in [4.78, 5) is 22.6. The molecule has 132 valence electrons. The fourth-order valence-corrected chi connectivity index (χ4v) is 2.79. The number of amides is 1. The molecule has 0 spiro atoms. The van der Waals surface area contributed by atoms with Gasteiger partial charge in [-0.05, 0) is 24.3 Å². The number of carbonyl (C=O) groups excluding carboxylic acids is 1. The van der Waals surface area contributed by atoms with Gasteiger partial charge >= 0.3 is 6.01 Å². The van der Waals surface area contributed by atoms with Gasteiger partial charge in [-0.3, -0.25) is 14.4 Å². The maximum absolute atomic E-state index is 12.8. The Hall–Kier alpha value is -3.42. The van der Waals surface area contributed by atoms with Crippen molar-refractivity contribution in [2.24, 2.45) is 0 Å². The number of methoxy groups -OCH3 is 1. The predicted octanol–water partition coefficient (Wildman–Crippen LogP) is 1.92. The van der Waals surface area contributed by atoms with Crippen LogP contribution in [0.5, 0.6) is 11.8 Å². The number of anilines is 1. The molecule has 2 aromatic heterocycles. The molecule has 0 bridgehead atoms. The van der Waals surface area contributed by atoms with E-state index in [0.29, 0.717) is 36.9 Å². The molecule has 0 fully saturated rings. The van der Waals surface area contributed by atoms with Crippen LogP contribution in [0.1, 0.15) is 16.2 Å². The Morgan fingerprint density at radius 1 is 1.15 bits per heavy atom. The highest BCUT2D eigenvalue weighted by atomic mass is 16.5. The third-order valence-electron chi connectivity index (χ3n) is 4.04. The van der Waals surface area contributed by atoms with Gasteiger partial charge < -0.3 is 9.47 Å². The summed E-state index contributed by atoms with van der Waals surface area (Å²) in [5.74, 6) is 1.12. The van der Waals surface area contributed by atoms with E-state index < -0.39 is 0 Å². The molecular weight excluding hydrogens is 334 g/mol. The van der Waals surface area contributed by atoms with E-state index in [1.165, 1.54) is 7.11 Å². The van der Waals surface area contributed by atoms with Crippen molar-refractivity contribution in [1.29, 1.82) is 0 Å². The highest BCUT2D eigenvalue weighted by molar-refractivity contribution is 6.05. The second-order valence-electron chi connectivity index (χ2n) is 5.70. The fraction of sp³-hybridized carbons (Fsp3) is 0.222. The van der Waals surface area contributed by atoms with E-state index in [-0.39, 0.29) is 11.9 Å². The third-order valence-corrected chi connectivity index (χ3v) is 4.04. The first-order valence-electron chi connectivity index (χ1n) is 8.18. The van der Waals surface area contributed by atoms with Crippen LogP contribution >= 0.6 is 0 Å². The number of rotatable bonds is 5. The summed E-state index contributed by atoms with van der Waals surface area (Å²) in [5.41, 5.74) is 1.22. The average Bonchev–Trinajstić information content (AvgIpc) is 3.12. The van der Waals surface area contributed by atoms with Gasteiger partial charge in [-0.2, -0.15) is 10.1 Å². The van der Waals surface area contributed by atoms with Crippen molar-refractivity contribution < 1.29 is 14.3 Å². The van der Waals surface area contributed by atoms with Gasteiger partial charge in [0, 0.05) is 12.7 Å². The Morgan fingerprint density at radius 2 is 2.00 bits per heavy atom. The van der Waals surface area contributed by atoms with Crippen LogP contribution in [0.25, 0.3) is 0 Å². The van der Waals surface area contributed by atoms with Gasteiger partial charge in [0.25, 0.3) is 5.91 Å². The number of para-hydroxylation sites is 1. The van der Waals surface area contributed by atoms with E-state index >= 15 is 0 Å². The highest BCUT2D eigenvalue weighted by Gasteiger charge is 2.28. The molecule has 0 aliphatic carbocycles. The molecule has 1 amide bonds. The van der Waals surface area contributed by atoms with Gasteiger partial charge in [-0.25, -0.2) is 4.98 Å². The van der Waals surface area contributed by atoms with Crippen LogP contribution in [0, 0.1) is 0 Å². The van der Waals surface area contributed by atoms with Crippen LogP contribution in [-0.4, -0.2) is 39.3 Å². The number of hydrogen-bond donors (Lipinski definition) is 0. The lowest BCUT2D eigenvalue weighted by atomic mass is 10.2. The molecule has 0 radical (unpaired) electrons. The number of nitrogens with zero attached hydrogens (tertiary/aromatic N) is 5. The first-order valence-corrected chi connectivity index (χ1v) is 8.18. The molecule has 0 unspecified atom stereocenters.